The van der Waals surface area contributed by atoms with E-state index in [1.54, 1.807) is 17.6 Å². The molecule has 0 saturated carbocycles. The molecular formula is C9H4FN3S2. The molecule has 0 saturated heterocycles. The number of halogens is 1. The minimum Gasteiger partial charge on any atom is -0.206 e. The molecule has 1 aromatic carbocycles. The van der Waals surface area contributed by atoms with Crippen LogP contribution in [0.3, 0.4) is 0 Å². The van der Waals surface area contributed by atoms with Gasteiger partial charge in [-0.3, -0.25) is 0 Å². The van der Waals surface area contributed by atoms with Crippen LogP contribution in [0.4, 0.5) is 4.39 Å². The highest BCUT2D eigenvalue weighted by atomic mass is 32.2. The number of aromatic nitrogens is 2. The van der Waals surface area contributed by atoms with E-state index in [2.05, 4.69) is 10.2 Å². The van der Waals surface area contributed by atoms with Crippen molar-refractivity contribution in [3.8, 4) is 6.07 Å². The predicted molar refractivity (Wildman–Crippen MR) is 55.1 cm³/mol. The van der Waals surface area contributed by atoms with E-state index in [1.807, 2.05) is 6.07 Å². The van der Waals surface area contributed by atoms with E-state index in [0.717, 1.165) is 0 Å². The molecule has 0 unspecified atom stereocenters. The smallest absolute Gasteiger partial charge is 0.178 e. The summed E-state index contributed by atoms with van der Waals surface area (Å²) in [7, 11) is 0. The highest BCUT2D eigenvalue weighted by molar-refractivity contribution is 8.01. The van der Waals surface area contributed by atoms with E-state index in [0.29, 0.717) is 9.24 Å². The van der Waals surface area contributed by atoms with Gasteiger partial charge in [0.05, 0.1) is 0 Å². The predicted octanol–water partition coefficient (Wildman–Crippen LogP) is 2.70. The molecule has 0 aliphatic carbocycles. The van der Waals surface area contributed by atoms with Crippen LogP contribution in [0.25, 0.3) is 0 Å². The molecule has 0 fully saturated rings. The zero-order valence-corrected chi connectivity index (χ0v) is 8.98. The van der Waals surface area contributed by atoms with Crippen molar-refractivity contribution in [3.05, 3.63) is 35.1 Å². The Hall–Kier alpha value is -1.45. The van der Waals surface area contributed by atoms with Gasteiger partial charge in [0.25, 0.3) is 0 Å². The maximum atomic E-state index is 13.2. The summed E-state index contributed by atoms with van der Waals surface area (Å²) in [6, 6.07) is 6.36. The molecule has 2 aromatic rings. The zero-order chi connectivity index (χ0) is 10.7. The molecule has 0 aliphatic heterocycles. The molecule has 0 aliphatic rings. The van der Waals surface area contributed by atoms with Crippen LogP contribution >= 0.6 is 23.1 Å². The maximum absolute atomic E-state index is 13.2. The Morgan fingerprint density at radius 1 is 1.47 bits per heavy atom. The van der Waals surface area contributed by atoms with Gasteiger partial charge >= 0.3 is 0 Å². The van der Waals surface area contributed by atoms with Gasteiger partial charge in [-0.2, -0.15) is 5.26 Å². The highest BCUT2D eigenvalue weighted by Crippen LogP contribution is 2.31. The second-order valence-electron chi connectivity index (χ2n) is 2.53. The number of rotatable bonds is 2. The highest BCUT2D eigenvalue weighted by Gasteiger charge is 2.10. The normalized spacial score (nSPS) is 9.87. The van der Waals surface area contributed by atoms with Gasteiger partial charge in [-0.15, -0.1) is 10.2 Å². The van der Waals surface area contributed by atoms with Gasteiger partial charge in [-0.1, -0.05) is 29.2 Å². The van der Waals surface area contributed by atoms with E-state index < -0.39 is 5.82 Å². The Morgan fingerprint density at radius 3 is 3.00 bits per heavy atom. The van der Waals surface area contributed by atoms with Crippen LogP contribution in [-0.2, 0) is 0 Å². The van der Waals surface area contributed by atoms with Crippen molar-refractivity contribution >= 4 is 23.1 Å². The fourth-order valence-corrected chi connectivity index (χ4v) is 2.54. The lowest BCUT2D eigenvalue weighted by Gasteiger charge is -2.00. The van der Waals surface area contributed by atoms with Gasteiger partial charge in [-0.25, -0.2) is 4.39 Å². The molecule has 0 atom stereocenters. The molecule has 0 N–H and O–H groups in total. The van der Waals surface area contributed by atoms with E-state index in [1.165, 1.54) is 29.2 Å². The minimum absolute atomic E-state index is 0.0534. The first-order valence-corrected chi connectivity index (χ1v) is 5.63. The quantitative estimate of drug-likeness (QED) is 0.805. The number of nitriles is 1. The summed E-state index contributed by atoms with van der Waals surface area (Å²) in [5.74, 6) is -0.507. The summed E-state index contributed by atoms with van der Waals surface area (Å²) in [4.78, 5) is 0.564. The van der Waals surface area contributed by atoms with Gasteiger partial charge in [-0.05, 0) is 12.1 Å². The lowest BCUT2D eigenvalue weighted by molar-refractivity contribution is 0.620. The number of hydrogen-bond acceptors (Lipinski definition) is 5. The van der Waals surface area contributed by atoms with Crippen molar-refractivity contribution < 1.29 is 4.39 Å². The fraction of sp³-hybridized carbons (Fsp3) is 0. The van der Waals surface area contributed by atoms with Gasteiger partial charge in [0.15, 0.2) is 4.34 Å². The lowest BCUT2D eigenvalue weighted by atomic mass is 10.2. The zero-order valence-electron chi connectivity index (χ0n) is 7.35. The Labute approximate surface area is 93.6 Å². The van der Waals surface area contributed by atoms with Crippen LogP contribution in [0.5, 0.6) is 0 Å². The SMILES string of the molecule is N#Cc1c(F)cccc1Sc1nncs1. The molecular weight excluding hydrogens is 233 g/mol. The third-order valence-corrected chi connectivity index (χ3v) is 3.46. The Morgan fingerprint density at radius 2 is 2.33 bits per heavy atom. The molecule has 1 heterocycles. The van der Waals surface area contributed by atoms with Crippen molar-refractivity contribution in [3.63, 3.8) is 0 Å². The van der Waals surface area contributed by atoms with Crippen molar-refractivity contribution in [2.24, 2.45) is 0 Å². The monoisotopic (exact) mass is 237 g/mol. The Kier molecular flexibility index (Phi) is 2.94. The Bertz CT molecular complexity index is 505. The first kappa shape index (κ1) is 10.1. The maximum Gasteiger partial charge on any atom is 0.178 e. The standard InChI is InChI=1S/C9H4FN3S2/c10-7-2-1-3-8(6(7)4-11)15-9-13-12-5-14-9/h1-3,5H. The van der Waals surface area contributed by atoms with Crippen LogP contribution < -0.4 is 0 Å². The van der Waals surface area contributed by atoms with Gasteiger partial charge in [0.2, 0.25) is 0 Å². The van der Waals surface area contributed by atoms with Crippen LogP contribution in [0.2, 0.25) is 0 Å². The average molecular weight is 237 g/mol. The van der Waals surface area contributed by atoms with E-state index in [9.17, 15) is 4.39 Å². The third-order valence-electron chi connectivity index (χ3n) is 1.62. The largest absolute Gasteiger partial charge is 0.206 e. The summed E-state index contributed by atoms with van der Waals surface area (Å²) < 4.78 is 13.9. The summed E-state index contributed by atoms with van der Waals surface area (Å²) >= 11 is 2.59. The first-order chi connectivity index (χ1) is 7.31. The molecule has 0 radical (unpaired) electrons. The molecule has 0 amide bonds. The average Bonchev–Trinajstić information content (AvgIpc) is 2.71. The third kappa shape index (κ3) is 2.14. The summed E-state index contributed by atoms with van der Waals surface area (Å²) in [5, 5.41) is 16.3. The minimum atomic E-state index is -0.507. The number of nitrogens with zero attached hydrogens (tertiary/aromatic N) is 3. The van der Waals surface area contributed by atoms with Crippen molar-refractivity contribution in [1.29, 1.82) is 5.26 Å². The van der Waals surface area contributed by atoms with Gasteiger partial charge in [0.1, 0.15) is 23.0 Å². The molecule has 74 valence electrons. The molecule has 1 aromatic heterocycles. The number of benzene rings is 1. The second-order valence-corrected chi connectivity index (χ2v) is 4.65. The summed E-state index contributed by atoms with van der Waals surface area (Å²) in [6.45, 7) is 0. The van der Waals surface area contributed by atoms with Crippen molar-refractivity contribution in [1.82, 2.24) is 10.2 Å². The van der Waals surface area contributed by atoms with Crippen LogP contribution in [-0.4, -0.2) is 10.2 Å². The van der Waals surface area contributed by atoms with Gasteiger partial charge in [0, 0.05) is 4.90 Å². The summed E-state index contributed by atoms with van der Waals surface area (Å²) in [6.07, 6.45) is 0. The number of hydrogen-bond donors (Lipinski definition) is 0. The molecule has 0 spiro atoms. The lowest BCUT2D eigenvalue weighted by Crippen LogP contribution is -1.86. The molecule has 3 nitrogen and oxygen atoms in total. The fourth-order valence-electron chi connectivity index (χ4n) is 0.999. The van der Waals surface area contributed by atoms with Crippen LogP contribution in [0.1, 0.15) is 5.56 Å². The molecule has 0 bridgehead atoms. The van der Waals surface area contributed by atoms with Crippen LogP contribution in [0, 0.1) is 17.1 Å². The molecule has 2 rings (SSSR count). The van der Waals surface area contributed by atoms with Gasteiger partial charge < -0.3 is 0 Å². The topological polar surface area (TPSA) is 49.6 Å². The van der Waals surface area contributed by atoms with Crippen molar-refractivity contribution in [2.45, 2.75) is 9.24 Å². The second kappa shape index (κ2) is 4.38. The van der Waals surface area contributed by atoms with E-state index >= 15 is 0 Å². The van der Waals surface area contributed by atoms with E-state index in [4.69, 9.17) is 5.26 Å². The summed E-state index contributed by atoms with van der Waals surface area (Å²) in [5.41, 5.74) is 1.64. The Balaban J connectivity index is 2.37. The molecule has 15 heavy (non-hydrogen) atoms. The van der Waals surface area contributed by atoms with Crippen LogP contribution in [0.15, 0.2) is 32.9 Å². The van der Waals surface area contributed by atoms with E-state index in [-0.39, 0.29) is 5.56 Å². The first-order valence-electron chi connectivity index (χ1n) is 3.94. The molecule has 6 heteroatoms. The van der Waals surface area contributed by atoms with Crippen molar-refractivity contribution in [2.75, 3.05) is 0 Å².